The molecule has 0 aliphatic rings. The van der Waals surface area contributed by atoms with Gasteiger partial charge in [0.05, 0.1) is 18.6 Å². The molecule has 1 aromatic heterocycles. The van der Waals surface area contributed by atoms with E-state index in [0.29, 0.717) is 5.02 Å². The maximum absolute atomic E-state index is 5.93. The molecule has 0 saturated heterocycles. The molecule has 0 spiro atoms. The molecule has 0 radical (unpaired) electrons. The van der Waals surface area contributed by atoms with E-state index < -0.39 is 0 Å². The minimum atomic E-state index is 0.687. The summed E-state index contributed by atoms with van der Waals surface area (Å²) in [6.07, 6.45) is 4.87. The molecule has 0 atom stereocenters. The minimum Gasteiger partial charge on any atom is -0.494 e. The molecular formula is C28H30ClN3O2. The molecule has 0 fully saturated rings. The summed E-state index contributed by atoms with van der Waals surface area (Å²) in [5.41, 5.74) is 2.97. The van der Waals surface area contributed by atoms with Crippen molar-refractivity contribution in [2.24, 2.45) is 0 Å². The van der Waals surface area contributed by atoms with Gasteiger partial charge in [-0.15, -0.1) is 0 Å². The van der Waals surface area contributed by atoms with E-state index in [9.17, 15) is 0 Å². The molecule has 0 saturated carbocycles. The van der Waals surface area contributed by atoms with Gasteiger partial charge in [-0.3, -0.25) is 0 Å². The molecule has 34 heavy (non-hydrogen) atoms. The molecule has 4 rings (SSSR count). The van der Waals surface area contributed by atoms with Gasteiger partial charge >= 0.3 is 0 Å². The lowest BCUT2D eigenvalue weighted by Gasteiger charge is -2.17. The fraction of sp³-hybridized carbons (Fsp3) is 0.250. The Bertz CT molecular complexity index is 1150. The monoisotopic (exact) mass is 475 g/mol. The summed E-state index contributed by atoms with van der Waals surface area (Å²) in [7, 11) is 0. The van der Waals surface area contributed by atoms with Crippen LogP contribution in [0.2, 0.25) is 5.02 Å². The van der Waals surface area contributed by atoms with Gasteiger partial charge in [0.15, 0.2) is 0 Å². The second kappa shape index (κ2) is 11.7. The maximum Gasteiger partial charge on any atom is 0.127 e. The van der Waals surface area contributed by atoms with Crippen LogP contribution in [-0.2, 0) is 0 Å². The quantitative estimate of drug-likeness (QED) is 0.217. The Morgan fingerprint density at radius 2 is 1.44 bits per heavy atom. The normalized spacial score (nSPS) is 11.1. The number of hydrogen-bond acceptors (Lipinski definition) is 4. The lowest BCUT2D eigenvalue weighted by Crippen LogP contribution is -2.25. The molecule has 0 unspecified atom stereocenters. The highest BCUT2D eigenvalue weighted by atomic mass is 35.5. The molecule has 3 aromatic carbocycles. The van der Waals surface area contributed by atoms with Crippen LogP contribution in [0.15, 0.2) is 85.3 Å². The van der Waals surface area contributed by atoms with E-state index >= 15 is 0 Å². The first-order valence-electron chi connectivity index (χ1n) is 11.7. The summed E-state index contributed by atoms with van der Waals surface area (Å²) in [5, 5.41) is 0.687. The summed E-state index contributed by atoms with van der Waals surface area (Å²) in [6.45, 7) is 8.34. The van der Waals surface area contributed by atoms with Crippen LogP contribution in [0.5, 0.6) is 17.2 Å². The van der Waals surface area contributed by atoms with Gasteiger partial charge in [-0.25, -0.2) is 4.98 Å². The van der Waals surface area contributed by atoms with Crippen LogP contribution in [0.1, 0.15) is 20.3 Å². The highest BCUT2D eigenvalue weighted by Gasteiger charge is 2.06. The van der Waals surface area contributed by atoms with Crippen molar-refractivity contribution in [3.8, 4) is 34.2 Å². The Hall–Kier alpha value is -3.28. The summed E-state index contributed by atoms with van der Waals surface area (Å²) in [4.78, 5) is 6.98. The highest BCUT2D eigenvalue weighted by molar-refractivity contribution is 6.30. The molecule has 0 bridgehead atoms. The molecule has 0 amide bonds. The topological polar surface area (TPSA) is 39.5 Å². The fourth-order valence-electron chi connectivity index (χ4n) is 3.68. The summed E-state index contributed by atoms with van der Waals surface area (Å²) >= 11 is 5.93. The van der Waals surface area contributed by atoms with Crippen molar-refractivity contribution in [3.05, 3.63) is 90.3 Å². The number of aromatic nitrogens is 2. The minimum absolute atomic E-state index is 0.687. The van der Waals surface area contributed by atoms with Crippen molar-refractivity contribution in [2.45, 2.75) is 20.3 Å². The average Bonchev–Trinajstić information content (AvgIpc) is 3.37. The number of rotatable bonds is 11. The number of nitrogens with zero attached hydrogens (tertiary/aromatic N) is 3. The third-order valence-electron chi connectivity index (χ3n) is 5.70. The van der Waals surface area contributed by atoms with Crippen molar-refractivity contribution in [1.29, 1.82) is 0 Å². The first-order valence-corrected chi connectivity index (χ1v) is 12.1. The number of ether oxygens (including phenoxy) is 2. The zero-order chi connectivity index (χ0) is 23.8. The molecule has 0 aliphatic heterocycles. The SMILES string of the molecule is CCN(CC)CCCOc1ccc(-c2cn(-c3ccc(Oc4ccc(Cl)cc4)cc3)cn2)cc1. The summed E-state index contributed by atoms with van der Waals surface area (Å²) < 4.78 is 13.8. The van der Waals surface area contributed by atoms with Crippen molar-refractivity contribution in [1.82, 2.24) is 14.5 Å². The van der Waals surface area contributed by atoms with E-state index in [2.05, 4.69) is 35.9 Å². The van der Waals surface area contributed by atoms with Gasteiger partial charge < -0.3 is 18.9 Å². The molecule has 1 heterocycles. The number of hydrogen-bond donors (Lipinski definition) is 0. The molecule has 6 heteroatoms. The van der Waals surface area contributed by atoms with Gasteiger partial charge in [0.2, 0.25) is 0 Å². The third kappa shape index (κ3) is 6.40. The summed E-state index contributed by atoms with van der Waals surface area (Å²) in [5.74, 6) is 2.40. The van der Waals surface area contributed by atoms with Crippen LogP contribution < -0.4 is 9.47 Å². The van der Waals surface area contributed by atoms with Gasteiger partial charge in [0.1, 0.15) is 17.2 Å². The van der Waals surface area contributed by atoms with Crippen molar-refractivity contribution in [2.75, 3.05) is 26.2 Å². The predicted octanol–water partition coefficient (Wildman–Crippen LogP) is 7.10. The number of imidazole rings is 1. The first-order chi connectivity index (χ1) is 16.6. The van der Waals surface area contributed by atoms with E-state index in [0.717, 1.165) is 66.9 Å². The first kappa shape index (κ1) is 23.9. The Kier molecular flexibility index (Phi) is 8.23. The zero-order valence-corrected chi connectivity index (χ0v) is 20.4. The van der Waals surface area contributed by atoms with E-state index in [1.807, 2.05) is 77.8 Å². The third-order valence-corrected chi connectivity index (χ3v) is 5.95. The number of benzene rings is 3. The van der Waals surface area contributed by atoms with Crippen LogP contribution in [-0.4, -0.2) is 40.7 Å². The average molecular weight is 476 g/mol. The van der Waals surface area contributed by atoms with Crippen LogP contribution in [0, 0.1) is 0 Å². The predicted molar refractivity (Wildman–Crippen MR) is 138 cm³/mol. The van der Waals surface area contributed by atoms with Gasteiger partial charge in [-0.05, 0) is 92.3 Å². The van der Waals surface area contributed by atoms with Crippen molar-refractivity contribution < 1.29 is 9.47 Å². The molecular weight excluding hydrogens is 446 g/mol. The second-order valence-corrected chi connectivity index (χ2v) is 8.41. The van der Waals surface area contributed by atoms with Crippen LogP contribution in [0.25, 0.3) is 16.9 Å². The molecule has 4 aromatic rings. The molecule has 0 N–H and O–H groups in total. The Labute approximate surface area is 206 Å². The lowest BCUT2D eigenvalue weighted by molar-refractivity contribution is 0.249. The Balaban J connectivity index is 1.33. The van der Waals surface area contributed by atoms with E-state index in [4.69, 9.17) is 21.1 Å². The lowest BCUT2D eigenvalue weighted by atomic mass is 10.1. The largest absolute Gasteiger partial charge is 0.494 e. The Morgan fingerprint density at radius 3 is 2.09 bits per heavy atom. The van der Waals surface area contributed by atoms with Crippen LogP contribution in [0.3, 0.4) is 0 Å². The maximum atomic E-state index is 5.93. The van der Waals surface area contributed by atoms with Gasteiger partial charge in [-0.2, -0.15) is 0 Å². The van der Waals surface area contributed by atoms with E-state index in [1.54, 1.807) is 0 Å². The Morgan fingerprint density at radius 1 is 0.824 bits per heavy atom. The molecule has 176 valence electrons. The van der Waals surface area contributed by atoms with Crippen molar-refractivity contribution >= 4 is 11.6 Å². The standard InChI is InChI=1S/C28H30ClN3O2/c1-3-31(4-2)18-5-19-33-25-12-6-22(7-13-25)28-20-32(21-30-28)24-10-16-27(17-11-24)34-26-14-8-23(29)9-15-26/h6-17,20-21H,3-5,18-19H2,1-2H3. The van der Waals surface area contributed by atoms with Crippen LogP contribution in [0.4, 0.5) is 0 Å². The van der Waals surface area contributed by atoms with E-state index in [-0.39, 0.29) is 0 Å². The molecule has 0 aliphatic carbocycles. The zero-order valence-electron chi connectivity index (χ0n) is 19.7. The summed E-state index contributed by atoms with van der Waals surface area (Å²) in [6, 6.07) is 23.3. The van der Waals surface area contributed by atoms with Gasteiger partial charge in [0, 0.05) is 29.0 Å². The number of halogens is 1. The molecule has 5 nitrogen and oxygen atoms in total. The van der Waals surface area contributed by atoms with Crippen molar-refractivity contribution in [3.63, 3.8) is 0 Å². The van der Waals surface area contributed by atoms with E-state index in [1.165, 1.54) is 0 Å². The smallest absolute Gasteiger partial charge is 0.127 e. The highest BCUT2D eigenvalue weighted by Crippen LogP contribution is 2.26. The van der Waals surface area contributed by atoms with Gasteiger partial charge in [-0.1, -0.05) is 25.4 Å². The fourth-order valence-corrected chi connectivity index (χ4v) is 3.80. The second-order valence-electron chi connectivity index (χ2n) is 7.97. The van der Waals surface area contributed by atoms with Gasteiger partial charge in [0.25, 0.3) is 0 Å². The van der Waals surface area contributed by atoms with Crippen LogP contribution >= 0.6 is 11.6 Å².